The Labute approximate surface area is 143 Å². The third-order valence-electron chi connectivity index (χ3n) is 4.30. The Balaban J connectivity index is 1.57. The second kappa shape index (κ2) is 5.61. The van der Waals surface area contributed by atoms with Gasteiger partial charge >= 0.3 is 0 Å². The van der Waals surface area contributed by atoms with E-state index in [4.69, 9.17) is 9.05 Å². The number of aliphatic hydroxyl groups is 1. The third-order valence-corrected chi connectivity index (χ3v) is 6.04. The van der Waals surface area contributed by atoms with Crippen molar-refractivity contribution in [3.63, 3.8) is 0 Å². The van der Waals surface area contributed by atoms with Gasteiger partial charge < -0.3 is 14.2 Å². The second-order valence-electron chi connectivity index (χ2n) is 6.14. The maximum atomic E-state index is 12.7. The first-order chi connectivity index (χ1) is 11.9. The Morgan fingerprint density at radius 3 is 2.84 bits per heavy atom. The van der Waals surface area contributed by atoms with E-state index in [2.05, 4.69) is 15.3 Å². The highest BCUT2D eigenvalue weighted by Crippen LogP contribution is 2.33. The van der Waals surface area contributed by atoms with Crippen LogP contribution in [0.4, 0.5) is 0 Å². The average molecular weight is 364 g/mol. The highest BCUT2D eigenvalue weighted by atomic mass is 32.2. The number of β-amino-alcohol motifs (C(OH)–C–C–N with tert-alkyl or cyclic N) is 1. The number of hydrogen-bond donors (Lipinski definition) is 1. The topological polar surface area (TPSA) is 123 Å². The summed E-state index contributed by atoms with van der Waals surface area (Å²) in [6.45, 7) is 1.66. The van der Waals surface area contributed by atoms with Gasteiger partial charge in [-0.25, -0.2) is 8.42 Å². The number of para-hydroxylation sites is 1. The maximum absolute atomic E-state index is 12.7. The van der Waals surface area contributed by atoms with E-state index >= 15 is 0 Å². The summed E-state index contributed by atoms with van der Waals surface area (Å²) < 4.78 is 36.9. The average Bonchev–Trinajstić information content (AvgIpc) is 3.28. The zero-order valence-electron chi connectivity index (χ0n) is 13.4. The summed E-state index contributed by atoms with van der Waals surface area (Å²) in [6, 6.07) is 7.07. The van der Waals surface area contributed by atoms with Crippen molar-refractivity contribution in [2.45, 2.75) is 24.7 Å². The highest BCUT2D eigenvalue weighted by Gasteiger charge is 2.46. The molecule has 1 aromatic carbocycles. The second-order valence-corrected chi connectivity index (χ2v) is 8.11. The molecule has 0 radical (unpaired) electrons. The van der Waals surface area contributed by atoms with Crippen LogP contribution in [0.25, 0.3) is 11.0 Å². The number of rotatable bonds is 4. The van der Waals surface area contributed by atoms with E-state index in [9.17, 15) is 13.5 Å². The van der Waals surface area contributed by atoms with Gasteiger partial charge in [0.05, 0.1) is 6.54 Å². The predicted molar refractivity (Wildman–Crippen MR) is 85.8 cm³/mol. The molecule has 4 rings (SSSR count). The molecule has 0 unspecified atom stereocenters. The van der Waals surface area contributed by atoms with Crippen LogP contribution >= 0.6 is 0 Å². The Kier molecular flexibility index (Phi) is 3.63. The van der Waals surface area contributed by atoms with Gasteiger partial charge in [-0.2, -0.15) is 9.29 Å². The summed E-state index contributed by atoms with van der Waals surface area (Å²) in [4.78, 5) is 4.02. The zero-order valence-corrected chi connectivity index (χ0v) is 14.2. The van der Waals surface area contributed by atoms with E-state index in [1.165, 1.54) is 4.31 Å². The quantitative estimate of drug-likeness (QED) is 0.726. The van der Waals surface area contributed by atoms with Gasteiger partial charge in [0.15, 0.2) is 17.0 Å². The van der Waals surface area contributed by atoms with Gasteiger partial charge in [0.1, 0.15) is 11.4 Å². The van der Waals surface area contributed by atoms with Crippen molar-refractivity contribution < 1.29 is 22.6 Å². The molecular formula is C15H16N4O5S. The Morgan fingerprint density at radius 2 is 2.08 bits per heavy atom. The Hall–Kier alpha value is -2.30. The smallest absolute Gasteiger partial charge is 0.260 e. The lowest BCUT2D eigenvalue weighted by Crippen LogP contribution is -2.35. The van der Waals surface area contributed by atoms with Gasteiger partial charge in [0.2, 0.25) is 10.0 Å². The number of aromatic nitrogens is 3. The molecule has 0 saturated carbocycles. The SMILES string of the molecule is Cc1noc([C@]2(O)CCN(S(=O)(=O)Cc3noc4ccccc34)C2)n1. The number of nitrogens with zero attached hydrogens (tertiary/aromatic N) is 4. The minimum Gasteiger partial charge on any atom is -0.379 e. The molecule has 1 aliphatic heterocycles. The molecule has 2 aromatic heterocycles. The van der Waals surface area contributed by atoms with E-state index in [-0.39, 0.29) is 31.2 Å². The first-order valence-electron chi connectivity index (χ1n) is 7.72. The summed E-state index contributed by atoms with van der Waals surface area (Å²) in [7, 11) is -3.69. The van der Waals surface area contributed by atoms with Crippen LogP contribution in [-0.4, -0.2) is 46.2 Å². The molecule has 1 saturated heterocycles. The molecule has 1 N–H and O–H groups in total. The van der Waals surface area contributed by atoms with Crippen LogP contribution in [0, 0.1) is 6.92 Å². The maximum Gasteiger partial charge on any atom is 0.260 e. The first kappa shape index (κ1) is 16.2. The number of fused-ring (bicyclic) bond motifs is 1. The standard InChI is InChI=1S/C15H16N4O5S/c1-10-16-14(24-17-10)15(20)6-7-19(9-15)25(21,22)8-12-11-4-2-3-5-13(11)23-18-12/h2-5,20H,6-9H2,1H3/t15-/m0/s1. The van der Waals surface area contributed by atoms with Crippen molar-refractivity contribution in [2.24, 2.45) is 0 Å². The number of hydrogen-bond acceptors (Lipinski definition) is 8. The highest BCUT2D eigenvalue weighted by molar-refractivity contribution is 7.88. The molecule has 132 valence electrons. The van der Waals surface area contributed by atoms with Gasteiger partial charge in [-0.3, -0.25) is 0 Å². The minimum absolute atomic E-state index is 0.0367. The van der Waals surface area contributed by atoms with Crippen molar-refractivity contribution in [1.29, 1.82) is 0 Å². The normalized spacial score (nSPS) is 22.0. The molecule has 0 spiro atoms. The third kappa shape index (κ3) is 2.81. The molecule has 0 amide bonds. The van der Waals surface area contributed by atoms with Crippen LogP contribution in [0.2, 0.25) is 0 Å². The molecule has 1 atom stereocenters. The molecular weight excluding hydrogens is 348 g/mol. The fourth-order valence-electron chi connectivity index (χ4n) is 2.96. The zero-order chi connectivity index (χ0) is 17.7. The summed E-state index contributed by atoms with van der Waals surface area (Å²) in [5.41, 5.74) is -0.591. The van der Waals surface area contributed by atoms with Gasteiger partial charge in [-0.1, -0.05) is 22.4 Å². The van der Waals surface area contributed by atoms with Crippen molar-refractivity contribution in [3.8, 4) is 0 Å². The van der Waals surface area contributed by atoms with Gasteiger partial charge in [-0.15, -0.1) is 0 Å². The fraction of sp³-hybridized carbons (Fsp3) is 0.400. The van der Waals surface area contributed by atoms with Crippen LogP contribution < -0.4 is 0 Å². The monoisotopic (exact) mass is 364 g/mol. The molecule has 0 bridgehead atoms. The van der Waals surface area contributed by atoms with Crippen LogP contribution in [0.1, 0.15) is 23.8 Å². The van der Waals surface area contributed by atoms with E-state index < -0.39 is 15.6 Å². The number of benzene rings is 1. The largest absolute Gasteiger partial charge is 0.379 e. The molecule has 10 heteroatoms. The summed E-state index contributed by atoms with van der Waals surface area (Å²) in [5.74, 6) is 0.122. The molecule has 1 fully saturated rings. The molecule has 3 aromatic rings. The predicted octanol–water partition coefficient (Wildman–Crippen LogP) is 0.943. The lowest BCUT2D eigenvalue weighted by Gasteiger charge is -2.19. The fourth-order valence-corrected chi connectivity index (χ4v) is 4.48. The number of sulfonamides is 1. The minimum atomic E-state index is -3.69. The summed E-state index contributed by atoms with van der Waals surface area (Å²) in [5, 5.41) is 18.8. The number of aryl methyl sites for hydroxylation is 1. The van der Waals surface area contributed by atoms with Gasteiger partial charge in [-0.05, 0) is 19.1 Å². The summed E-state index contributed by atoms with van der Waals surface area (Å²) >= 11 is 0. The van der Waals surface area contributed by atoms with Crippen LogP contribution in [-0.2, 0) is 21.4 Å². The Morgan fingerprint density at radius 1 is 1.28 bits per heavy atom. The van der Waals surface area contributed by atoms with Gasteiger partial charge in [0, 0.05) is 18.4 Å². The van der Waals surface area contributed by atoms with Crippen LogP contribution in [0.3, 0.4) is 0 Å². The van der Waals surface area contributed by atoms with Crippen molar-refractivity contribution >= 4 is 21.0 Å². The molecule has 0 aliphatic carbocycles. The molecule has 9 nitrogen and oxygen atoms in total. The van der Waals surface area contributed by atoms with Gasteiger partial charge in [0.25, 0.3) is 5.89 Å². The van der Waals surface area contributed by atoms with E-state index in [0.29, 0.717) is 22.5 Å². The van der Waals surface area contributed by atoms with Crippen molar-refractivity contribution in [2.75, 3.05) is 13.1 Å². The summed E-state index contributed by atoms with van der Waals surface area (Å²) in [6.07, 6.45) is 0.188. The molecule has 3 heterocycles. The van der Waals surface area contributed by atoms with Crippen LogP contribution in [0.5, 0.6) is 0 Å². The molecule has 1 aliphatic rings. The van der Waals surface area contributed by atoms with E-state index in [0.717, 1.165) is 0 Å². The first-order valence-corrected chi connectivity index (χ1v) is 9.33. The lowest BCUT2D eigenvalue weighted by atomic mass is 10.0. The van der Waals surface area contributed by atoms with E-state index in [1.54, 1.807) is 31.2 Å². The van der Waals surface area contributed by atoms with Crippen LogP contribution in [0.15, 0.2) is 33.3 Å². The molecule has 25 heavy (non-hydrogen) atoms. The van der Waals surface area contributed by atoms with Crippen molar-refractivity contribution in [1.82, 2.24) is 19.6 Å². The lowest BCUT2D eigenvalue weighted by molar-refractivity contribution is 0.0194. The Bertz CT molecular complexity index is 1030. The van der Waals surface area contributed by atoms with Crippen molar-refractivity contribution in [3.05, 3.63) is 41.7 Å². The van der Waals surface area contributed by atoms with E-state index in [1.807, 2.05) is 0 Å².